The molecule has 1 aliphatic rings. The summed E-state index contributed by atoms with van der Waals surface area (Å²) in [4.78, 5) is 16.0. The van der Waals surface area contributed by atoms with Gasteiger partial charge in [0.1, 0.15) is 18.1 Å². The van der Waals surface area contributed by atoms with Gasteiger partial charge in [-0.25, -0.2) is 0 Å². The molecule has 0 unspecified atom stereocenters. The molecule has 4 heteroatoms. The average Bonchev–Trinajstić information content (AvgIpc) is 3.36. The molecule has 0 bridgehead atoms. The lowest BCUT2D eigenvalue weighted by atomic mass is 10.1. The molecule has 0 fully saturated rings. The highest BCUT2D eigenvalue weighted by atomic mass is 16.5. The Labute approximate surface area is 169 Å². The van der Waals surface area contributed by atoms with Crippen LogP contribution in [0.5, 0.6) is 5.75 Å². The summed E-state index contributed by atoms with van der Waals surface area (Å²) in [6.45, 7) is 0.520. The first-order valence-electron chi connectivity index (χ1n) is 9.92. The van der Waals surface area contributed by atoms with E-state index >= 15 is 0 Å². The van der Waals surface area contributed by atoms with Crippen LogP contribution in [0.1, 0.15) is 27.2 Å². The Kier molecular flexibility index (Phi) is 4.53. The Bertz CT molecular complexity index is 1140. The number of fused-ring (bicyclic) bond motifs is 2. The van der Waals surface area contributed by atoms with Gasteiger partial charge in [0.15, 0.2) is 0 Å². The fourth-order valence-electron chi connectivity index (χ4n) is 3.99. The van der Waals surface area contributed by atoms with Gasteiger partial charge in [-0.05, 0) is 53.8 Å². The molecule has 0 aliphatic heterocycles. The molecule has 4 aromatic rings. The van der Waals surface area contributed by atoms with Gasteiger partial charge in [0.05, 0.1) is 0 Å². The molecule has 4 nitrogen and oxygen atoms in total. The maximum Gasteiger partial charge on any atom is 0.267 e. The monoisotopic (exact) mass is 382 g/mol. The molecule has 5 rings (SSSR count). The van der Waals surface area contributed by atoms with Gasteiger partial charge in [-0.1, -0.05) is 54.6 Å². The van der Waals surface area contributed by atoms with Crippen LogP contribution in [0.15, 0.2) is 78.9 Å². The second kappa shape index (κ2) is 7.47. The molecule has 0 spiro atoms. The minimum atomic E-state index is -0.0641. The van der Waals surface area contributed by atoms with E-state index < -0.39 is 0 Å². The molecule has 0 atom stereocenters. The Hall–Kier alpha value is -3.53. The Morgan fingerprint density at radius 3 is 2.41 bits per heavy atom. The van der Waals surface area contributed by atoms with Crippen molar-refractivity contribution in [1.29, 1.82) is 0 Å². The van der Waals surface area contributed by atoms with Crippen molar-refractivity contribution in [2.24, 2.45) is 0 Å². The molecule has 29 heavy (non-hydrogen) atoms. The van der Waals surface area contributed by atoms with E-state index in [1.165, 1.54) is 11.1 Å². The molecule has 1 amide bonds. The first-order chi connectivity index (χ1) is 14.2. The highest BCUT2D eigenvalue weighted by molar-refractivity contribution is 5.98. The van der Waals surface area contributed by atoms with Crippen LogP contribution in [0.2, 0.25) is 0 Å². The van der Waals surface area contributed by atoms with E-state index in [0.29, 0.717) is 12.3 Å². The molecule has 1 aliphatic carbocycles. The summed E-state index contributed by atoms with van der Waals surface area (Å²) in [5, 5.41) is 4.13. The van der Waals surface area contributed by atoms with Crippen LogP contribution < -0.4 is 10.1 Å². The predicted molar refractivity (Wildman–Crippen MR) is 114 cm³/mol. The van der Waals surface area contributed by atoms with Gasteiger partial charge in [0.25, 0.3) is 5.91 Å². The molecule has 0 saturated carbocycles. The van der Waals surface area contributed by atoms with Crippen LogP contribution in [0.4, 0.5) is 0 Å². The van der Waals surface area contributed by atoms with Crippen LogP contribution >= 0.6 is 0 Å². The zero-order chi connectivity index (χ0) is 19.6. The Morgan fingerprint density at radius 2 is 1.66 bits per heavy atom. The summed E-state index contributed by atoms with van der Waals surface area (Å²) in [7, 11) is 0. The van der Waals surface area contributed by atoms with Crippen molar-refractivity contribution in [2.75, 3.05) is 0 Å². The van der Waals surface area contributed by atoms with Crippen molar-refractivity contribution in [1.82, 2.24) is 10.3 Å². The van der Waals surface area contributed by atoms with Crippen molar-refractivity contribution < 1.29 is 9.53 Å². The van der Waals surface area contributed by atoms with Gasteiger partial charge in [-0.2, -0.15) is 0 Å². The second-order valence-corrected chi connectivity index (χ2v) is 7.55. The zero-order valence-corrected chi connectivity index (χ0v) is 16.0. The van der Waals surface area contributed by atoms with Crippen molar-refractivity contribution in [2.45, 2.75) is 25.5 Å². The number of hydrogen-bond donors (Lipinski definition) is 2. The molecule has 2 N–H and O–H groups in total. The van der Waals surface area contributed by atoms with E-state index in [-0.39, 0.29) is 11.9 Å². The third kappa shape index (κ3) is 3.74. The quantitative estimate of drug-likeness (QED) is 0.528. The molecule has 1 aromatic heterocycles. The average molecular weight is 382 g/mol. The number of hydrogen-bond acceptors (Lipinski definition) is 2. The van der Waals surface area contributed by atoms with E-state index in [2.05, 4.69) is 34.6 Å². The number of benzene rings is 3. The smallest absolute Gasteiger partial charge is 0.267 e. The number of ether oxygens (including phenoxy) is 1. The minimum Gasteiger partial charge on any atom is -0.489 e. The van der Waals surface area contributed by atoms with Gasteiger partial charge in [0.2, 0.25) is 0 Å². The maximum atomic E-state index is 12.7. The van der Waals surface area contributed by atoms with Crippen LogP contribution in [0.3, 0.4) is 0 Å². The molecule has 144 valence electrons. The summed E-state index contributed by atoms with van der Waals surface area (Å²) in [5.74, 6) is 0.726. The lowest BCUT2D eigenvalue weighted by Gasteiger charge is -2.10. The van der Waals surface area contributed by atoms with Crippen molar-refractivity contribution in [3.05, 3.63) is 101 Å². The number of H-pyrrole nitrogens is 1. The summed E-state index contributed by atoms with van der Waals surface area (Å²) >= 11 is 0. The standard InChI is InChI=1S/C25H22N2O2/c28-25(26-21-12-18-8-4-5-9-19(18)13-21)24-15-20-14-22(10-11-23(20)27-24)29-16-17-6-2-1-3-7-17/h1-11,14-15,21,27H,12-13,16H2,(H,26,28). The minimum absolute atomic E-state index is 0.0641. The number of aromatic amines is 1. The highest BCUT2D eigenvalue weighted by Gasteiger charge is 2.23. The Morgan fingerprint density at radius 1 is 0.931 bits per heavy atom. The number of amides is 1. The lowest BCUT2D eigenvalue weighted by molar-refractivity contribution is 0.0934. The number of carbonyl (C=O) groups excluding carboxylic acids is 1. The maximum absolute atomic E-state index is 12.7. The van der Waals surface area contributed by atoms with Gasteiger partial charge in [-0.15, -0.1) is 0 Å². The molecule has 3 aromatic carbocycles. The Balaban J connectivity index is 1.27. The van der Waals surface area contributed by atoms with Gasteiger partial charge < -0.3 is 15.0 Å². The van der Waals surface area contributed by atoms with Crippen LogP contribution in [0.25, 0.3) is 10.9 Å². The second-order valence-electron chi connectivity index (χ2n) is 7.55. The fraction of sp³-hybridized carbons (Fsp3) is 0.160. The summed E-state index contributed by atoms with van der Waals surface area (Å²) in [6, 6.07) is 26.4. The largest absolute Gasteiger partial charge is 0.489 e. The third-order valence-corrected chi connectivity index (χ3v) is 5.47. The SMILES string of the molecule is O=C(NC1Cc2ccccc2C1)c1cc2cc(OCc3ccccc3)ccc2[nH]1. The first-order valence-corrected chi connectivity index (χ1v) is 9.92. The summed E-state index contributed by atoms with van der Waals surface area (Å²) < 4.78 is 5.90. The van der Waals surface area contributed by atoms with E-state index in [4.69, 9.17) is 4.74 Å². The van der Waals surface area contributed by atoms with E-state index in [1.807, 2.05) is 54.6 Å². The normalized spacial score (nSPS) is 13.4. The van der Waals surface area contributed by atoms with Crippen molar-refractivity contribution >= 4 is 16.8 Å². The molecular weight excluding hydrogens is 360 g/mol. The van der Waals surface area contributed by atoms with E-state index in [0.717, 1.165) is 35.1 Å². The molecule has 0 saturated heterocycles. The predicted octanol–water partition coefficient (Wildman–Crippen LogP) is 4.64. The topological polar surface area (TPSA) is 54.1 Å². The van der Waals surface area contributed by atoms with Gasteiger partial charge >= 0.3 is 0 Å². The molecule has 1 heterocycles. The van der Waals surface area contributed by atoms with Gasteiger partial charge in [0, 0.05) is 16.9 Å². The summed E-state index contributed by atoms with van der Waals surface area (Å²) in [5.41, 5.74) is 5.29. The lowest BCUT2D eigenvalue weighted by Crippen LogP contribution is -2.35. The van der Waals surface area contributed by atoms with E-state index in [9.17, 15) is 4.79 Å². The van der Waals surface area contributed by atoms with Crippen LogP contribution in [-0.4, -0.2) is 16.9 Å². The van der Waals surface area contributed by atoms with Gasteiger partial charge in [-0.3, -0.25) is 4.79 Å². The number of rotatable bonds is 5. The van der Waals surface area contributed by atoms with Crippen molar-refractivity contribution in [3.8, 4) is 5.75 Å². The number of aromatic nitrogens is 1. The fourth-order valence-corrected chi connectivity index (χ4v) is 3.99. The first kappa shape index (κ1) is 17.6. The molecular formula is C25H22N2O2. The molecule has 0 radical (unpaired) electrons. The third-order valence-electron chi connectivity index (χ3n) is 5.47. The van der Waals surface area contributed by atoms with Crippen LogP contribution in [-0.2, 0) is 19.4 Å². The van der Waals surface area contributed by atoms with E-state index in [1.54, 1.807) is 0 Å². The summed E-state index contributed by atoms with van der Waals surface area (Å²) in [6.07, 6.45) is 1.78. The van der Waals surface area contributed by atoms with Crippen LogP contribution in [0, 0.1) is 0 Å². The number of carbonyl (C=O) groups is 1. The van der Waals surface area contributed by atoms with Crippen molar-refractivity contribution in [3.63, 3.8) is 0 Å². The number of nitrogens with one attached hydrogen (secondary N) is 2. The highest BCUT2D eigenvalue weighted by Crippen LogP contribution is 2.24. The zero-order valence-electron chi connectivity index (χ0n) is 16.0.